The van der Waals surface area contributed by atoms with Gasteiger partial charge in [0.05, 0.1) is 18.1 Å². The largest absolute Gasteiger partial charge is 0.378 e. The third-order valence-electron chi connectivity index (χ3n) is 3.70. The highest BCUT2D eigenvalue weighted by Gasteiger charge is 2.16. The number of hydrogen-bond acceptors (Lipinski definition) is 6. The second-order valence-corrected chi connectivity index (χ2v) is 6.93. The van der Waals surface area contributed by atoms with E-state index in [0.29, 0.717) is 19.0 Å². The zero-order valence-electron chi connectivity index (χ0n) is 12.8. The van der Waals surface area contributed by atoms with Gasteiger partial charge in [-0.2, -0.15) is 0 Å². The van der Waals surface area contributed by atoms with Crippen LogP contribution in [0.15, 0.2) is 35.4 Å². The van der Waals surface area contributed by atoms with Crippen molar-refractivity contribution in [2.24, 2.45) is 5.14 Å². The van der Waals surface area contributed by atoms with Gasteiger partial charge in [-0.25, -0.2) is 23.5 Å². The number of primary sulfonamides is 1. The molecule has 8 heteroatoms. The van der Waals surface area contributed by atoms with Gasteiger partial charge in [0.25, 0.3) is 0 Å². The minimum atomic E-state index is -3.70. The zero-order chi connectivity index (χ0) is 16.4. The molecule has 1 aliphatic rings. The molecule has 0 aliphatic carbocycles. The Morgan fingerprint density at radius 1 is 1.17 bits per heavy atom. The summed E-state index contributed by atoms with van der Waals surface area (Å²) in [4.78, 5) is 11.2. The number of nitrogens with zero attached hydrogens (tertiary/aromatic N) is 3. The summed E-state index contributed by atoms with van der Waals surface area (Å²) in [6, 6.07) is 6.24. The van der Waals surface area contributed by atoms with Crippen molar-refractivity contribution < 1.29 is 13.2 Å². The van der Waals surface area contributed by atoms with E-state index in [-0.39, 0.29) is 4.90 Å². The van der Waals surface area contributed by atoms with Gasteiger partial charge in [-0.15, -0.1) is 0 Å². The van der Waals surface area contributed by atoms with Crippen LogP contribution in [-0.2, 0) is 14.8 Å². The monoisotopic (exact) mass is 334 g/mol. The maximum absolute atomic E-state index is 11.3. The third-order valence-corrected chi connectivity index (χ3v) is 4.63. The molecule has 23 heavy (non-hydrogen) atoms. The molecule has 2 heterocycles. The summed E-state index contributed by atoms with van der Waals surface area (Å²) >= 11 is 0. The van der Waals surface area contributed by atoms with Gasteiger partial charge in [0.2, 0.25) is 10.0 Å². The standard InChI is InChI=1S/C15H18N4O3S/c1-11-10-17-14(18-15(11)19-6-8-22-9-7-19)12-2-4-13(5-3-12)23(16,20)21/h2-5,10H,6-9H2,1H3,(H2,16,20,21). The minimum absolute atomic E-state index is 0.0711. The van der Waals surface area contributed by atoms with Gasteiger partial charge < -0.3 is 9.64 Å². The van der Waals surface area contributed by atoms with Crippen LogP contribution in [0.4, 0.5) is 5.82 Å². The molecule has 0 spiro atoms. The molecule has 0 radical (unpaired) electrons. The SMILES string of the molecule is Cc1cnc(-c2ccc(S(N)(=O)=O)cc2)nc1N1CCOCC1. The lowest BCUT2D eigenvalue weighted by atomic mass is 10.2. The number of anilines is 1. The first-order valence-electron chi connectivity index (χ1n) is 7.25. The van der Waals surface area contributed by atoms with Crippen LogP contribution < -0.4 is 10.0 Å². The first-order chi connectivity index (χ1) is 10.9. The Labute approximate surface area is 135 Å². The number of morpholine rings is 1. The Hall–Kier alpha value is -2.03. The van der Waals surface area contributed by atoms with Crippen molar-refractivity contribution in [1.82, 2.24) is 9.97 Å². The molecule has 1 aliphatic heterocycles. The Morgan fingerprint density at radius 3 is 2.43 bits per heavy atom. The molecule has 0 unspecified atom stereocenters. The summed E-state index contributed by atoms with van der Waals surface area (Å²) in [5, 5.41) is 5.11. The molecule has 1 aromatic heterocycles. The fraction of sp³-hybridized carbons (Fsp3) is 0.333. The number of sulfonamides is 1. The van der Waals surface area contributed by atoms with E-state index in [1.165, 1.54) is 12.1 Å². The predicted molar refractivity (Wildman–Crippen MR) is 86.6 cm³/mol. The third kappa shape index (κ3) is 3.49. The van der Waals surface area contributed by atoms with E-state index >= 15 is 0 Å². The second-order valence-electron chi connectivity index (χ2n) is 5.37. The van der Waals surface area contributed by atoms with Crippen molar-refractivity contribution in [3.63, 3.8) is 0 Å². The van der Waals surface area contributed by atoms with Crippen molar-refractivity contribution in [3.8, 4) is 11.4 Å². The highest BCUT2D eigenvalue weighted by molar-refractivity contribution is 7.89. The summed E-state index contributed by atoms with van der Waals surface area (Å²) < 4.78 is 28.0. The number of benzene rings is 1. The number of nitrogens with two attached hydrogens (primary N) is 1. The summed E-state index contributed by atoms with van der Waals surface area (Å²) in [5.74, 6) is 1.44. The van der Waals surface area contributed by atoms with Crippen molar-refractivity contribution in [2.75, 3.05) is 31.2 Å². The van der Waals surface area contributed by atoms with Gasteiger partial charge in [-0.05, 0) is 31.2 Å². The van der Waals surface area contributed by atoms with E-state index < -0.39 is 10.0 Å². The molecule has 1 saturated heterocycles. The molecule has 2 N–H and O–H groups in total. The average molecular weight is 334 g/mol. The topological polar surface area (TPSA) is 98.4 Å². The first-order valence-corrected chi connectivity index (χ1v) is 8.79. The van der Waals surface area contributed by atoms with Crippen LogP contribution in [-0.4, -0.2) is 44.7 Å². The Kier molecular flexibility index (Phi) is 4.29. The van der Waals surface area contributed by atoms with Gasteiger partial charge in [-0.3, -0.25) is 0 Å². The number of aryl methyl sites for hydroxylation is 1. The van der Waals surface area contributed by atoms with Crippen molar-refractivity contribution in [3.05, 3.63) is 36.0 Å². The molecule has 0 amide bonds. The maximum Gasteiger partial charge on any atom is 0.238 e. The molecule has 7 nitrogen and oxygen atoms in total. The zero-order valence-corrected chi connectivity index (χ0v) is 13.6. The van der Waals surface area contributed by atoms with Crippen LogP contribution in [0.3, 0.4) is 0 Å². The smallest absolute Gasteiger partial charge is 0.238 e. The van der Waals surface area contributed by atoms with Crippen LogP contribution >= 0.6 is 0 Å². The minimum Gasteiger partial charge on any atom is -0.378 e. The highest BCUT2D eigenvalue weighted by Crippen LogP contribution is 2.23. The molecule has 2 aromatic rings. The fourth-order valence-corrected chi connectivity index (χ4v) is 2.98. The quantitative estimate of drug-likeness (QED) is 0.897. The van der Waals surface area contributed by atoms with E-state index in [1.807, 2.05) is 6.92 Å². The fourth-order valence-electron chi connectivity index (χ4n) is 2.46. The van der Waals surface area contributed by atoms with Crippen LogP contribution in [0.1, 0.15) is 5.56 Å². The van der Waals surface area contributed by atoms with Gasteiger partial charge in [-0.1, -0.05) is 0 Å². The lowest BCUT2D eigenvalue weighted by molar-refractivity contribution is 0.122. The number of ether oxygens (including phenoxy) is 1. The molecular weight excluding hydrogens is 316 g/mol. The van der Waals surface area contributed by atoms with E-state index in [9.17, 15) is 8.42 Å². The van der Waals surface area contributed by atoms with E-state index in [1.54, 1.807) is 18.3 Å². The van der Waals surface area contributed by atoms with Crippen LogP contribution in [0, 0.1) is 6.92 Å². The van der Waals surface area contributed by atoms with Crippen LogP contribution in [0.5, 0.6) is 0 Å². The van der Waals surface area contributed by atoms with Crippen LogP contribution in [0.2, 0.25) is 0 Å². The Balaban J connectivity index is 1.94. The maximum atomic E-state index is 11.3. The first kappa shape index (κ1) is 15.9. The van der Waals surface area contributed by atoms with Crippen molar-refractivity contribution >= 4 is 15.8 Å². The predicted octanol–water partition coefficient (Wildman–Crippen LogP) is 0.936. The molecular formula is C15H18N4O3S. The van der Waals surface area contributed by atoms with Gasteiger partial charge in [0, 0.05) is 30.4 Å². The van der Waals surface area contributed by atoms with E-state index in [0.717, 1.165) is 30.0 Å². The number of rotatable bonds is 3. The summed E-state index contributed by atoms with van der Waals surface area (Å²) in [5.41, 5.74) is 1.74. The van der Waals surface area contributed by atoms with Crippen molar-refractivity contribution in [2.45, 2.75) is 11.8 Å². The van der Waals surface area contributed by atoms with Crippen molar-refractivity contribution in [1.29, 1.82) is 0 Å². The number of aromatic nitrogens is 2. The van der Waals surface area contributed by atoms with E-state index in [4.69, 9.17) is 9.88 Å². The Morgan fingerprint density at radius 2 is 1.83 bits per heavy atom. The lowest BCUT2D eigenvalue weighted by Crippen LogP contribution is -2.37. The molecule has 1 aromatic carbocycles. The molecule has 3 rings (SSSR count). The number of hydrogen-bond donors (Lipinski definition) is 1. The molecule has 122 valence electrons. The average Bonchev–Trinajstić information content (AvgIpc) is 2.55. The highest BCUT2D eigenvalue weighted by atomic mass is 32.2. The molecule has 0 bridgehead atoms. The lowest BCUT2D eigenvalue weighted by Gasteiger charge is -2.29. The van der Waals surface area contributed by atoms with E-state index in [2.05, 4.69) is 14.9 Å². The molecule has 0 atom stereocenters. The normalized spacial score (nSPS) is 15.7. The second kappa shape index (κ2) is 6.23. The van der Waals surface area contributed by atoms with Gasteiger partial charge >= 0.3 is 0 Å². The van der Waals surface area contributed by atoms with Gasteiger partial charge in [0.15, 0.2) is 5.82 Å². The summed E-state index contributed by atoms with van der Waals surface area (Å²) in [7, 11) is -3.70. The molecule has 1 fully saturated rings. The summed E-state index contributed by atoms with van der Waals surface area (Å²) in [6.45, 7) is 4.92. The summed E-state index contributed by atoms with van der Waals surface area (Å²) in [6.07, 6.45) is 1.78. The van der Waals surface area contributed by atoms with Gasteiger partial charge in [0.1, 0.15) is 5.82 Å². The molecule has 0 saturated carbocycles. The van der Waals surface area contributed by atoms with Crippen LogP contribution in [0.25, 0.3) is 11.4 Å². The Bertz CT molecular complexity index is 800.